The lowest BCUT2D eigenvalue weighted by molar-refractivity contribution is 0.476. The SMILES string of the molecule is Oc1c(Cl)ccc(-c2ncc[nH]2)c1Cl. The Morgan fingerprint density at radius 2 is 2.07 bits per heavy atom. The highest BCUT2D eigenvalue weighted by molar-refractivity contribution is 6.38. The number of halogens is 2. The fraction of sp³-hybridized carbons (Fsp3) is 0. The monoisotopic (exact) mass is 228 g/mol. The van der Waals surface area contributed by atoms with Crippen molar-refractivity contribution >= 4 is 23.2 Å². The number of aromatic amines is 1. The number of aromatic hydroxyl groups is 1. The molecule has 14 heavy (non-hydrogen) atoms. The van der Waals surface area contributed by atoms with Crippen LogP contribution in [0.15, 0.2) is 24.5 Å². The molecule has 0 amide bonds. The summed E-state index contributed by atoms with van der Waals surface area (Å²) in [7, 11) is 0. The van der Waals surface area contributed by atoms with Gasteiger partial charge in [0.05, 0.1) is 10.0 Å². The van der Waals surface area contributed by atoms with Gasteiger partial charge in [-0.3, -0.25) is 0 Å². The molecule has 72 valence electrons. The summed E-state index contributed by atoms with van der Waals surface area (Å²) in [6.07, 6.45) is 3.29. The lowest BCUT2D eigenvalue weighted by atomic mass is 10.2. The number of aromatic nitrogens is 2. The maximum Gasteiger partial charge on any atom is 0.153 e. The first-order valence-corrected chi connectivity index (χ1v) is 4.62. The van der Waals surface area contributed by atoms with Crippen LogP contribution in [0.5, 0.6) is 5.75 Å². The topological polar surface area (TPSA) is 48.9 Å². The zero-order valence-corrected chi connectivity index (χ0v) is 8.47. The van der Waals surface area contributed by atoms with Crippen molar-refractivity contribution in [3.63, 3.8) is 0 Å². The molecule has 0 atom stereocenters. The largest absolute Gasteiger partial charge is 0.505 e. The van der Waals surface area contributed by atoms with Gasteiger partial charge in [-0.2, -0.15) is 0 Å². The number of rotatable bonds is 1. The number of imidazole rings is 1. The second kappa shape index (κ2) is 3.52. The van der Waals surface area contributed by atoms with E-state index in [4.69, 9.17) is 23.2 Å². The number of hydrogen-bond acceptors (Lipinski definition) is 2. The maximum atomic E-state index is 9.48. The van der Waals surface area contributed by atoms with Crippen LogP contribution in [0.2, 0.25) is 10.0 Å². The van der Waals surface area contributed by atoms with Crippen molar-refractivity contribution in [3.8, 4) is 17.1 Å². The minimum atomic E-state index is -0.123. The lowest BCUT2D eigenvalue weighted by Crippen LogP contribution is -1.83. The molecule has 1 aromatic heterocycles. The highest BCUT2D eigenvalue weighted by atomic mass is 35.5. The van der Waals surface area contributed by atoms with Gasteiger partial charge in [-0.25, -0.2) is 4.98 Å². The summed E-state index contributed by atoms with van der Waals surface area (Å²) in [5.41, 5.74) is 0.624. The number of H-pyrrole nitrogens is 1. The minimum Gasteiger partial charge on any atom is -0.505 e. The fourth-order valence-electron chi connectivity index (χ4n) is 1.14. The van der Waals surface area contributed by atoms with Crippen LogP contribution in [0.4, 0.5) is 0 Å². The zero-order valence-electron chi connectivity index (χ0n) is 6.96. The van der Waals surface area contributed by atoms with Crippen molar-refractivity contribution in [2.24, 2.45) is 0 Å². The van der Waals surface area contributed by atoms with Gasteiger partial charge in [-0.1, -0.05) is 23.2 Å². The molecule has 0 unspecified atom stereocenters. The van der Waals surface area contributed by atoms with E-state index in [0.29, 0.717) is 11.4 Å². The zero-order chi connectivity index (χ0) is 10.1. The van der Waals surface area contributed by atoms with E-state index in [1.165, 1.54) is 0 Å². The molecule has 5 heteroatoms. The predicted molar refractivity (Wildman–Crippen MR) is 55.7 cm³/mol. The highest BCUT2D eigenvalue weighted by Gasteiger charge is 2.11. The first kappa shape index (κ1) is 9.37. The average molecular weight is 229 g/mol. The van der Waals surface area contributed by atoms with Crippen LogP contribution < -0.4 is 0 Å². The Morgan fingerprint density at radius 3 is 2.71 bits per heavy atom. The summed E-state index contributed by atoms with van der Waals surface area (Å²) in [4.78, 5) is 6.92. The molecule has 0 fully saturated rings. The molecule has 2 rings (SSSR count). The number of benzene rings is 1. The third-order valence-corrected chi connectivity index (χ3v) is 2.51. The number of hydrogen-bond donors (Lipinski definition) is 2. The van der Waals surface area contributed by atoms with Crippen molar-refractivity contribution in [2.45, 2.75) is 0 Å². The smallest absolute Gasteiger partial charge is 0.153 e. The van der Waals surface area contributed by atoms with Gasteiger partial charge >= 0.3 is 0 Å². The van der Waals surface area contributed by atoms with Gasteiger partial charge in [0.25, 0.3) is 0 Å². The van der Waals surface area contributed by atoms with Crippen molar-refractivity contribution < 1.29 is 5.11 Å². The van der Waals surface area contributed by atoms with E-state index in [0.717, 1.165) is 0 Å². The predicted octanol–water partition coefficient (Wildman–Crippen LogP) is 3.09. The summed E-state index contributed by atoms with van der Waals surface area (Å²) in [6, 6.07) is 3.27. The Hall–Kier alpha value is -1.19. The van der Waals surface area contributed by atoms with Crippen molar-refractivity contribution in [3.05, 3.63) is 34.6 Å². The molecule has 3 nitrogen and oxygen atoms in total. The highest BCUT2D eigenvalue weighted by Crippen LogP contribution is 2.37. The quantitative estimate of drug-likeness (QED) is 0.789. The van der Waals surface area contributed by atoms with Gasteiger partial charge in [0.1, 0.15) is 5.82 Å². The molecule has 1 aromatic carbocycles. The number of nitrogens with one attached hydrogen (secondary N) is 1. The van der Waals surface area contributed by atoms with E-state index in [1.54, 1.807) is 24.5 Å². The summed E-state index contributed by atoms with van der Waals surface area (Å²) in [5.74, 6) is 0.476. The standard InChI is InChI=1S/C9H6Cl2N2O/c10-6-2-1-5(7(11)8(6)14)9-12-3-4-13-9/h1-4,14H,(H,12,13). The molecule has 0 aliphatic rings. The molecule has 0 spiro atoms. The van der Waals surface area contributed by atoms with E-state index in [2.05, 4.69) is 9.97 Å². The molecular weight excluding hydrogens is 223 g/mol. The second-order valence-electron chi connectivity index (χ2n) is 2.70. The van der Waals surface area contributed by atoms with Gasteiger partial charge in [0, 0.05) is 18.0 Å². The van der Waals surface area contributed by atoms with Crippen LogP contribution in [0, 0.1) is 0 Å². The summed E-state index contributed by atoms with van der Waals surface area (Å²) in [5, 5.41) is 9.91. The van der Waals surface area contributed by atoms with Crippen LogP contribution in [0.1, 0.15) is 0 Å². The third-order valence-electron chi connectivity index (χ3n) is 1.82. The van der Waals surface area contributed by atoms with E-state index in [9.17, 15) is 5.11 Å². The lowest BCUT2D eigenvalue weighted by Gasteiger charge is -2.04. The average Bonchev–Trinajstić information content (AvgIpc) is 2.67. The summed E-state index contributed by atoms with van der Waals surface area (Å²) in [6.45, 7) is 0. The minimum absolute atomic E-state index is 0.123. The summed E-state index contributed by atoms with van der Waals surface area (Å²) < 4.78 is 0. The fourth-order valence-corrected chi connectivity index (χ4v) is 1.60. The van der Waals surface area contributed by atoms with Gasteiger partial charge in [-0.15, -0.1) is 0 Å². The van der Waals surface area contributed by atoms with Gasteiger partial charge in [0.2, 0.25) is 0 Å². The molecule has 0 saturated carbocycles. The summed E-state index contributed by atoms with van der Waals surface area (Å²) >= 11 is 11.6. The molecule has 0 aliphatic heterocycles. The maximum absolute atomic E-state index is 9.48. The van der Waals surface area contributed by atoms with Gasteiger partial charge < -0.3 is 10.1 Å². The van der Waals surface area contributed by atoms with Crippen molar-refractivity contribution in [1.29, 1.82) is 0 Å². The Kier molecular flexibility index (Phi) is 2.35. The van der Waals surface area contributed by atoms with Crippen LogP contribution in [-0.4, -0.2) is 15.1 Å². The normalized spacial score (nSPS) is 10.4. The first-order valence-electron chi connectivity index (χ1n) is 3.87. The Labute approximate surface area is 90.3 Å². The number of phenolic OH excluding ortho intramolecular Hbond substituents is 1. The van der Waals surface area contributed by atoms with Gasteiger partial charge in [0.15, 0.2) is 5.75 Å². The molecule has 1 heterocycles. The van der Waals surface area contributed by atoms with Crippen LogP contribution in [0.25, 0.3) is 11.4 Å². The van der Waals surface area contributed by atoms with Crippen molar-refractivity contribution in [1.82, 2.24) is 9.97 Å². The number of phenols is 1. The Balaban J connectivity index is 2.61. The van der Waals surface area contributed by atoms with E-state index < -0.39 is 0 Å². The molecule has 0 aliphatic carbocycles. The molecule has 0 saturated heterocycles. The molecule has 0 radical (unpaired) electrons. The third kappa shape index (κ3) is 1.45. The molecular formula is C9H6Cl2N2O. The Morgan fingerprint density at radius 1 is 1.29 bits per heavy atom. The van der Waals surface area contributed by atoms with Gasteiger partial charge in [-0.05, 0) is 12.1 Å². The second-order valence-corrected chi connectivity index (χ2v) is 3.48. The molecule has 2 N–H and O–H groups in total. The van der Waals surface area contributed by atoms with Crippen LogP contribution in [0.3, 0.4) is 0 Å². The van der Waals surface area contributed by atoms with E-state index in [1.807, 2.05) is 0 Å². The van der Waals surface area contributed by atoms with Crippen LogP contribution >= 0.6 is 23.2 Å². The molecule has 0 bridgehead atoms. The van der Waals surface area contributed by atoms with E-state index >= 15 is 0 Å². The van der Waals surface area contributed by atoms with Crippen LogP contribution in [-0.2, 0) is 0 Å². The van der Waals surface area contributed by atoms with Crippen molar-refractivity contribution in [2.75, 3.05) is 0 Å². The molecule has 2 aromatic rings. The first-order chi connectivity index (χ1) is 6.70. The van der Waals surface area contributed by atoms with E-state index in [-0.39, 0.29) is 15.8 Å². The number of nitrogens with zero attached hydrogens (tertiary/aromatic N) is 1. The Bertz CT molecular complexity index is 454.